The van der Waals surface area contributed by atoms with Crippen LogP contribution in [0.2, 0.25) is 5.28 Å². The van der Waals surface area contributed by atoms with Crippen molar-refractivity contribution in [1.82, 2.24) is 9.97 Å². The van der Waals surface area contributed by atoms with Gasteiger partial charge in [0, 0.05) is 12.6 Å². The van der Waals surface area contributed by atoms with E-state index in [1.807, 2.05) is 0 Å². The lowest BCUT2D eigenvalue weighted by molar-refractivity contribution is -0.141. The minimum atomic E-state index is -4.52. The first-order chi connectivity index (χ1) is 9.28. The van der Waals surface area contributed by atoms with Crippen LogP contribution in [0.5, 0.6) is 0 Å². The molecule has 1 aromatic rings. The van der Waals surface area contributed by atoms with Gasteiger partial charge in [0.15, 0.2) is 5.69 Å². The van der Waals surface area contributed by atoms with Gasteiger partial charge in [0.25, 0.3) is 0 Å². The lowest BCUT2D eigenvalue weighted by Crippen LogP contribution is -2.29. The normalized spacial score (nSPS) is 18.9. The van der Waals surface area contributed by atoms with Gasteiger partial charge >= 0.3 is 6.18 Å². The summed E-state index contributed by atoms with van der Waals surface area (Å²) >= 11 is 5.55. The molecule has 7 heteroatoms. The van der Waals surface area contributed by atoms with E-state index in [1.54, 1.807) is 0 Å². The number of hydrogen-bond donors (Lipinski definition) is 1. The lowest BCUT2D eigenvalue weighted by Gasteiger charge is -2.33. The van der Waals surface area contributed by atoms with E-state index in [1.165, 1.54) is 6.42 Å². The zero-order valence-corrected chi connectivity index (χ0v) is 12.0. The van der Waals surface area contributed by atoms with Gasteiger partial charge < -0.3 is 5.32 Å². The minimum Gasteiger partial charge on any atom is -0.369 e. The topological polar surface area (TPSA) is 37.8 Å². The van der Waals surface area contributed by atoms with Crippen LogP contribution < -0.4 is 5.32 Å². The number of anilines is 1. The van der Waals surface area contributed by atoms with Crippen LogP contribution in [0.25, 0.3) is 0 Å². The number of nitrogens with zero attached hydrogens (tertiary/aromatic N) is 2. The van der Waals surface area contributed by atoms with E-state index in [4.69, 9.17) is 11.6 Å². The van der Waals surface area contributed by atoms with Crippen LogP contribution in [0.4, 0.5) is 19.0 Å². The maximum absolute atomic E-state index is 12.6. The highest BCUT2D eigenvalue weighted by Crippen LogP contribution is 2.36. The molecule has 1 N–H and O–H groups in total. The van der Waals surface area contributed by atoms with Gasteiger partial charge in [-0.2, -0.15) is 13.2 Å². The molecule has 2 rings (SSSR count). The maximum Gasteiger partial charge on any atom is 0.433 e. The second-order valence-corrected chi connectivity index (χ2v) is 5.97. The highest BCUT2D eigenvalue weighted by atomic mass is 35.5. The molecule has 112 valence electrons. The summed E-state index contributed by atoms with van der Waals surface area (Å²) in [5.74, 6) is 0.129. The third-order valence-corrected chi connectivity index (χ3v) is 3.92. The molecular weight excluding hydrogens is 291 g/mol. The van der Waals surface area contributed by atoms with Gasteiger partial charge in [-0.3, -0.25) is 0 Å². The van der Waals surface area contributed by atoms with Crippen LogP contribution in [0.15, 0.2) is 6.07 Å². The summed E-state index contributed by atoms with van der Waals surface area (Å²) in [4.78, 5) is 7.01. The fraction of sp³-hybridized carbons (Fsp3) is 0.692. The van der Waals surface area contributed by atoms with E-state index in [9.17, 15) is 13.2 Å². The molecule has 1 heterocycles. The van der Waals surface area contributed by atoms with Gasteiger partial charge in [0.1, 0.15) is 5.82 Å². The van der Waals surface area contributed by atoms with Gasteiger partial charge in [0.05, 0.1) is 0 Å². The average molecular weight is 308 g/mol. The summed E-state index contributed by atoms with van der Waals surface area (Å²) in [7, 11) is 0. The van der Waals surface area contributed by atoms with Crippen molar-refractivity contribution in [1.29, 1.82) is 0 Å². The standard InChI is InChI=1S/C13H17ClF3N3/c1-12(5-3-2-4-6-12)8-18-10-7-9(13(15,16)17)19-11(14)20-10/h7H,2-6,8H2,1H3,(H,18,19,20). The zero-order chi connectivity index (χ0) is 14.8. The van der Waals surface area contributed by atoms with Crippen LogP contribution >= 0.6 is 11.6 Å². The first-order valence-corrected chi connectivity index (χ1v) is 7.02. The number of nitrogens with one attached hydrogen (secondary N) is 1. The minimum absolute atomic E-state index is 0.105. The van der Waals surface area contributed by atoms with Crippen molar-refractivity contribution in [2.75, 3.05) is 11.9 Å². The maximum atomic E-state index is 12.6. The molecular formula is C13H17ClF3N3. The van der Waals surface area contributed by atoms with E-state index in [2.05, 4.69) is 22.2 Å². The van der Waals surface area contributed by atoms with E-state index in [0.717, 1.165) is 31.7 Å². The molecule has 1 aromatic heterocycles. The van der Waals surface area contributed by atoms with Crippen LogP contribution in [-0.2, 0) is 6.18 Å². The zero-order valence-electron chi connectivity index (χ0n) is 11.2. The Morgan fingerprint density at radius 3 is 2.50 bits per heavy atom. The largest absolute Gasteiger partial charge is 0.433 e. The molecule has 0 unspecified atom stereocenters. The van der Waals surface area contributed by atoms with Gasteiger partial charge in [0.2, 0.25) is 5.28 Å². The molecule has 20 heavy (non-hydrogen) atoms. The van der Waals surface area contributed by atoms with Crippen LogP contribution in [0.1, 0.15) is 44.7 Å². The van der Waals surface area contributed by atoms with E-state index >= 15 is 0 Å². The molecule has 3 nitrogen and oxygen atoms in total. The number of aromatic nitrogens is 2. The van der Waals surface area contributed by atoms with Crippen molar-refractivity contribution in [3.05, 3.63) is 17.0 Å². The first kappa shape index (κ1) is 15.4. The summed E-state index contributed by atoms with van der Waals surface area (Å²) in [6.45, 7) is 2.74. The highest BCUT2D eigenvalue weighted by molar-refractivity contribution is 6.28. The van der Waals surface area contributed by atoms with Gasteiger partial charge in [-0.25, -0.2) is 9.97 Å². The van der Waals surface area contributed by atoms with Gasteiger partial charge in [-0.1, -0.05) is 26.2 Å². The van der Waals surface area contributed by atoms with Gasteiger partial charge in [-0.15, -0.1) is 0 Å². The van der Waals surface area contributed by atoms with Crippen molar-refractivity contribution < 1.29 is 13.2 Å². The Bertz CT molecular complexity index is 470. The molecule has 0 bridgehead atoms. The summed E-state index contributed by atoms with van der Waals surface area (Å²) in [6.07, 6.45) is 1.19. The predicted molar refractivity (Wildman–Crippen MR) is 71.7 cm³/mol. The van der Waals surface area contributed by atoms with E-state index in [0.29, 0.717) is 6.54 Å². The number of alkyl halides is 3. The van der Waals surface area contributed by atoms with Crippen molar-refractivity contribution in [2.45, 2.75) is 45.2 Å². The summed E-state index contributed by atoms with van der Waals surface area (Å²) in [6, 6.07) is 0.901. The quantitative estimate of drug-likeness (QED) is 0.834. The van der Waals surface area contributed by atoms with Crippen molar-refractivity contribution >= 4 is 17.4 Å². The Balaban J connectivity index is 2.07. The number of hydrogen-bond acceptors (Lipinski definition) is 3. The molecule has 0 atom stereocenters. The molecule has 1 saturated carbocycles. The smallest absolute Gasteiger partial charge is 0.369 e. The highest BCUT2D eigenvalue weighted by Gasteiger charge is 2.34. The predicted octanol–water partition coefficient (Wildman–Crippen LogP) is 4.53. The van der Waals surface area contributed by atoms with E-state index in [-0.39, 0.29) is 11.2 Å². The van der Waals surface area contributed by atoms with Gasteiger partial charge in [-0.05, 0) is 29.9 Å². The van der Waals surface area contributed by atoms with Crippen molar-refractivity contribution in [3.63, 3.8) is 0 Å². The molecule has 0 saturated heterocycles. The second kappa shape index (κ2) is 5.76. The van der Waals surface area contributed by atoms with Crippen molar-refractivity contribution in [2.24, 2.45) is 5.41 Å². The Kier molecular flexibility index (Phi) is 4.42. The average Bonchev–Trinajstić information content (AvgIpc) is 2.36. The monoisotopic (exact) mass is 307 g/mol. The molecule has 0 aromatic carbocycles. The summed E-state index contributed by atoms with van der Waals surface area (Å²) in [5, 5.41) is 2.58. The van der Waals surface area contributed by atoms with E-state index < -0.39 is 17.2 Å². The molecule has 0 amide bonds. The Morgan fingerprint density at radius 2 is 1.90 bits per heavy atom. The Hall–Kier alpha value is -1.04. The molecule has 0 spiro atoms. The first-order valence-electron chi connectivity index (χ1n) is 6.64. The second-order valence-electron chi connectivity index (χ2n) is 5.63. The van der Waals surface area contributed by atoms with Crippen LogP contribution in [0.3, 0.4) is 0 Å². The third-order valence-electron chi connectivity index (χ3n) is 3.75. The summed E-state index contributed by atoms with van der Waals surface area (Å²) < 4.78 is 37.9. The number of rotatable bonds is 3. The molecule has 1 aliphatic carbocycles. The van der Waals surface area contributed by atoms with Crippen LogP contribution in [0, 0.1) is 5.41 Å². The number of halogens is 4. The fourth-order valence-corrected chi connectivity index (χ4v) is 2.72. The SMILES string of the molecule is CC1(CNc2cc(C(F)(F)F)nc(Cl)n2)CCCCC1. The molecule has 0 aliphatic heterocycles. The Labute approximate surface area is 120 Å². The third kappa shape index (κ3) is 3.98. The van der Waals surface area contributed by atoms with Crippen molar-refractivity contribution in [3.8, 4) is 0 Å². The molecule has 0 radical (unpaired) electrons. The molecule has 1 aliphatic rings. The molecule has 1 fully saturated rings. The lowest BCUT2D eigenvalue weighted by atomic mass is 9.76. The Morgan fingerprint density at radius 1 is 1.25 bits per heavy atom. The fourth-order valence-electron chi connectivity index (χ4n) is 2.54. The van der Waals surface area contributed by atoms with Crippen LogP contribution in [-0.4, -0.2) is 16.5 Å². The summed E-state index contributed by atoms with van der Waals surface area (Å²) in [5.41, 5.74) is -0.914.